The lowest BCUT2D eigenvalue weighted by Crippen LogP contribution is -2.45. The zero-order chi connectivity index (χ0) is 21.9. The van der Waals surface area contributed by atoms with Crippen molar-refractivity contribution in [1.82, 2.24) is 15.2 Å². The highest BCUT2D eigenvalue weighted by atomic mass is 16.7. The van der Waals surface area contributed by atoms with Crippen molar-refractivity contribution in [3.63, 3.8) is 0 Å². The summed E-state index contributed by atoms with van der Waals surface area (Å²) in [4.78, 5) is 20.0. The predicted molar refractivity (Wildman–Crippen MR) is 119 cm³/mol. The molecule has 1 aromatic heterocycles. The number of carbonyl (C=O) groups is 1. The van der Waals surface area contributed by atoms with Gasteiger partial charge in [0.1, 0.15) is 6.10 Å². The van der Waals surface area contributed by atoms with Crippen LogP contribution in [0.5, 0.6) is 11.5 Å². The van der Waals surface area contributed by atoms with Crippen LogP contribution in [0.3, 0.4) is 0 Å². The van der Waals surface area contributed by atoms with Crippen molar-refractivity contribution >= 4 is 5.91 Å². The lowest BCUT2D eigenvalue weighted by Gasteiger charge is -2.37. The molecular formula is C25H31N3O4. The predicted octanol–water partition coefficient (Wildman–Crippen LogP) is 3.37. The molecule has 0 spiro atoms. The number of ether oxygens (including phenoxy) is 3. The molecule has 2 saturated heterocycles. The zero-order valence-corrected chi connectivity index (χ0v) is 18.6. The summed E-state index contributed by atoms with van der Waals surface area (Å²) >= 11 is 0. The molecule has 0 radical (unpaired) electrons. The van der Waals surface area contributed by atoms with E-state index in [1.807, 2.05) is 18.2 Å². The van der Waals surface area contributed by atoms with E-state index >= 15 is 0 Å². The van der Waals surface area contributed by atoms with Crippen LogP contribution < -0.4 is 14.8 Å². The molecule has 0 bridgehead atoms. The molecular weight excluding hydrogens is 406 g/mol. The fourth-order valence-electron chi connectivity index (χ4n) is 5.03. The molecule has 1 amide bonds. The monoisotopic (exact) mass is 437 g/mol. The van der Waals surface area contributed by atoms with Crippen molar-refractivity contribution in [2.75, 3.05) is 26.5 Å². The number of rotatable bonds is 6. The summed E-state index contributed by atoms with van der Waals surface area (Å²) in [6.07, 6.45) is 5.35. The second-order valence-electron chi connectivity index (χ2n) is 9.01. The summed E-state index contributed by atoms with van der Waals surface area (Å²) in [6.45, 7) is 5.88. The molecule has 7 nitrogen and oxygen atoms in total. The maximum Gasteiger partial charge on any atom is 0.249 e. The van der Waals surface area contributed by atoms with Gasteiger partial charge < -0.3 is 19.5 Å². The molecule has 2 aromatic rings. The van der Waals surface area contributed by atoms with Crippen LogP contribution in [0, 0.1) is 12.8 Å². The van der Waals surface area contributed by atoms with E-state index in [0.717, 1.165) is 62.5 Å². The quantitative estimate of drug-likeness (QED) is 0.747. The number of hydrogen-bond acceptors (Lipinski definition) is 6. The Bertz CT molecular complexity index is 946. The number of aryl methyl sites for hydroxylation is 1. The molecule has 3 aliphatic rings. The topological polar surface area (TPSA) is 72.9 Å². The molecule has 2 fully saturated rings. The van der Waals surface area contributed by atoms with Crippen LogP contribution in [0.1, 0.15) is 48.5 Å². The summed E-state index contributed by atoms with van der Waals surface area (Å²) in [5.41, 5.74) is 3.39. The van der Waals surface area contributed by atoms with Crippen molar-refractivity contribution < 1.29 is 19.0 Å². The lowest BCUT2D eigenvalue weighted by atomic mass is 9.87. The number of aromatic nitrogens is 1. The second kappa shape index (κ2) is 9.46. The first-order chi connectivity index (χ1) is 15.7. The lowest BCUT2D eigenvalue weighted by molar-refractivity contribution is -0.131. The molecule has 3 unspecified atom stereocenters. The minimum Gasteiger partial charge on any atom is -0.454 e. The van der Waals surface area contributed by atoms with Gasteiger partial charge in [0.05, 0.1) is 11.7 Å². The number of fused-ring (bicyclic) bond motifs is 1. The van der Waals surface area contributed by atoms with Gasteiger partial charge in [0.25, 0.3) is 0 Å². The standard InChI is InChI=1S/C25H31N3O4/c1-17-12-22-23(32-16-31-22)13-19(17)15-28-10-4-6-18(14-28)24(20-7-2-3-9-26-20)27-25(29)21-8-5-11-30-21/h2-3,7,9,12-13,18,21,24H,4-6,8,10-11,14-16H2,1H3,(H,27,29). The van der Waals surface area contributed by atoms with Crippen molar-refractivity contribution in [1.29, 1.82) is 0 Å². The van der Waals surface area contributed by atoms with Crippen molar-refractivity contribution in [2.24, 2.45) is 5.92 Å². The van der Waals surface area contributed by atoms with E-state index in [4.69, 9.17) is 14.2 Å². The molecule has 0 aliphatic carbocycles. The molecule has 7 heteroatoms. The smallest absolute Gasteiger partial charge is 0.249 e. The van der Waals surface area contributed by atoms with Crippen LogP contribution in [0.25, 0.3) is 0 Å². The fourth-order valence-corrected chi connectivity index (χ4v) is 5.03. The third-order valence-electron chi connectivity index (χ3n) is 6.76. The molecule has 5 rings (SSSR count). The Balaban J connectivity index is 1.31. The third kappa shape index (κ3) is 4.59. The Kier molecular flexibility index (Phi) is 6.28. The Morgan fingerprint density at radius 2 is 2.09 bits per heavy atom. The van der Waals surface area contributed by atoms with E-state index in [0.29, 0.717) is 19.3 Å². The largest absolute Gasteiger partial charge is 0.454 e. The molecule has 1 N–H and O–H groups in total. The van der Waals surface area contributed by atoms with E-state index in [2.05, 4.69) is 34.3 Å². The van der Waals surface area contributed by atoms with Crippen LogP contribution >= 0.6 is 0 Å². The van der Waals surface area contributed by atoms with Gasteiger partial charge in [-0.1, -0.05) is 6.07 Å². The summed E-state index contributed by atoms with van der Waals surface area (Å²) < 4.78 is 16.7. The Hall–Kier alpha value is -2.64. The average Bonchev–Trinajstić information content (AvgIpc) is 3.50. The van der Waals surface area contributed by atoms with Crippen LogP contribution in [-0.2, 0) is 16.1 Å². The van der Waals surface area contributed by atoms with Gasteiger partial charge >= 0.3 is 0 Å². The van der Waals surface area contributed by atoms with Gasteiger partial charge in [0.2, 0.25) is 12.7 Å². The van der Waals surface area contributed by atoms with Crippen LogP contribution in [0.4, 0.5) is 0 Å². The zero-order valence-electron chi connectivity index (χ0n) is 18.6. The van der Waals surface area contributed by atoms with E-state index in [1.54, 1.807) is 6.20 Å². The van der Waals surface area contributed by atoms with Gasteiger partial charge in [-0.05, 0) is 80.5 Å². The highest BCUT2D eigenvalue weighted by molar-refractivity contribution is 5.81. The van der Waals surface area contributed by atoms with Crippen LogP contribution in [0.2, 0.25) is 0 Å². The molecule has 32 heavy (non-hydrogen) atoms. The third-order valence-corrected chi connectivity index (χ3v) is 6.76. The van der Waals surface area contributed by atoms with Crippen molar-refractivity contribution in [3.05, 3.63) is 53.3 Å². The minimum atomic E-state index is -0.336. The van der Waals surface area contributed by atoms with Gasteiger partial charge in [-0.15, -0.1) is 0 Å². The number of likely N-dealkylation sites (tertiary alicyclic amines) is 1. The van der Waals surface area contributed by atoms with Crippen molar-refractivity contribution in [2.45, 2.75) is 51.3 Å². The number of carbonyl (C=O) groups excluding carboxylic acids is 1. The SMILES string of the molecule is Cc1cc2c(cc1CN1CCCC(C(NC(=O)C3CCCO3)c3ccccn3)C1)OCO2. The first kappa shape index (κ1) is 21.2. The van der Waals surface area contributed by atoms with Crippen LogP contribution in [-0.4, -0.2) is 48.4 Å². The molecule has 1 aromatic carbocycles. The van der Waals surface area contributed by atoms with Gasteiger partial charge in [0.15, 0.2) is 11.5 Å². The van der Waals surface area contributed by atoms with Gasteiger partial charge in [-0.2, -0.15) is 0 Å². The number of benzene rings is 1. The molecule has 3 aliphatic heterocycles. The first-order valence-electron chi connectivity index (χ1n) is 11.6. The van der Waals surface area contributed by atoms with Gasteiger partial charge in [-0.3, -0.25) is 14.7 Å². The number of piperidine rings is 1. The van der Waals surface area contributed by atoms with E-state index in [-0.39, 0.29) is 18.1 Å². The molecule has 170 valence electrons. The normalized spacial score (nSPS) is 23.8. The number of pyridine rings is 1. The minimum absolute atomic E-state index is 0.0121. The Morgan fingerprint density at radius 1 is 1.22 bits per heavy atom. The number of hydrogen-bond donors (Lipinski definition) is 1. The highest BCUT2D eigenvalue weighted by Crippen LogP contribution is 2.36. The molecule has 3 atom stereocenters. The summed E-state index contributed by atoms with van der Waals surface area (Å²) in [5.74, 6) is 1.93. The highest BCUT2D eigenvalue weighted by Gasteiger charge is 2.33. The first-order valence-corrected chi connectivity index (χ1v) is 11.6. The summed E-state index contributed by atoms with van der Waals surface area (Å²) in [6, 6.07) is 9.98. The fraction of sp³-hybridized carbons (Fsp3) is 0.520. The van der Waals surface area contributed by atoms with Crippen molar-refractivity contribution in [3.8, 4) is 11.5 Å². The maximum atomic E-state index is 12.9. The number of nitrogens with one attached hydrogen (secondary N) is 1. The Labute approximate surface area is 189 Å². The molecule has 0 saturated carbocycles. The summed E-state index contributed by atoms with van der Waals surface area (Å²) in [7, 11) is 0. The van der Waals surface area contributed by atoms with E-state index < -0.39 is 0 Å². The van der Waals surface area contributed by atoms with Crippen LogP contribution in [0.15, 0.2) is 36.5 Å². The number of nitrogens with zero attached hydrogens (tertiary/aromatic N) is 2. The van der Waals surface area contributed by atoms with E-state index in [9.17, 15) is 4.79 Å². The number of amides is 1. The summed E-state index contributed by atoms with van der Waals surface area (Å²) in [5, 5.41) is 3.29. The van der Waals surface area contributed by atoms with Gasteiger partial charge in [-0.25, -0.2) is 0 Å². The van der Waals surface area contributed by atoms with Gasteiger partial charge in [0, 0.05) is 25.9 Å². The Morgan fingerprint density at radius 3 is 2.88 bits per heavy atom. The second-order valence-corrected chi connectivity index (χ2v) is 9.01. The molecule has 4 heterocycles. The van der Waals surface area contributed by atoms with E-state index in [1.165, 1.54) is 11.1 Å². The average molecular weight is 438 g/mol. The maximum absolute atomic E-state index is 12.9.